The molecule has 0 bridgehead atoms. The van der Waals surface area contributed by atoms with Gasteiger partial charge in [0, 0.05) is 55.8 Å². The van der Waals surface area contributed by atoms with Crippen molar-refractivity contribution < 1.29 is 0 Å². The fraction of sp³-hybridized carbons (Fsp3) is 0.270. The van der Waals surface area contributed by atoms with Crippen LogP contribution in [0.4, 0.5) is 0 Å². The number of aryl methyl sites for hydroxylation is 1. The van der Waals surface area contributed by atoms with Crippen LogP contribution in [0.2, 0.25) is 0 Å². The quantitative estimate of drug-likeness (QED) is 0.187. The minimum atomic E-state index is -0.0858. The molecule has 0 unspecified atom stereocenters. The average Bonchev–Trinajstić information content (AvgIpc) is 3.86. The Balaban J connectivity index is 1.30. The van der Waals surface area contributed by atoms with Gasteiger partial charge in [0.25, 0.3) is 0 Å². The van der Waals surface area contributed by atoms with E-state index in [0.717, 1.165) is 78.0 Å². The van der Waals surface area contributed by atoms with Crippen LogP contribution in [0.5, 0.6) is 0 Å². The van der Waals surface area contributed by atoms with Gasteiger partial charge in [0.15, 0.2) is 0 Å². The lowest BCUT2D eigenvalue weighted by atomic mass is 9.83. The monoisotopic (exact) mass is 877 g/mol. The van der Waals surface area contributed by atoms with E-state index in [9.17, 15) is 0 Å². The van der Waals surface area contributed by atoms with Crippen LogP contribution < -0.4 is 0 Å². The molecular weight excluding hydrogens is 813 g/mol. The summed E-state index contributed by atoms with van der Waals surface area (Å²) < 4.78 is 2.39. The second kappa shape index (κ2) is 15.7. The molecule has 0 aliphatic rings. The number of H-pyrrole nitrogens is 1. The SMILES string of the molecule is Cc1ccnc2c(-c3cc(-c4ccccc4)cc(-c4nc5c(-c6cc(C(C)(C)C)cc7c6[nH]c6ccc(C(C)(C)C)cc67)cccc5n4-c4ccc(C(C)(C)C)cc4)c3)cc(C(C)(C)C)cc12. The number of imidazole rings is 1. The smallest absolute Gasteiger partial charge is 0.145 e. The second-order valence-electron chi connectivity index (χ2n) is 23.0. The van der Waals surface area contributed by atoms with E-state index in [2.05, 4.69) is 239 Å². The molecule has 4 nitrogen and oxygen atoms in total. The van der Waals surface area contributed by atoms with Gasteiger partial charge in [0.05, 0.1) is 22.1 Å². The number of aromatic amines is 1. The molecule has 0 spiro atoms. The van der Waals surface area contributed by atoms with Gasteiger partial charge in [-0.2, -0.15) is 0 Å². The molecule has 0 saturated heterocycles. The van der Waals surface area contributed by atoms with Gasteiger partial charge in [-0.25, -0.2) is 4.98 Å². The molecule has 336 valence electrons. The molecule has 0 amide bonds. The van der Waals surface area contributed by atoms with Crippen molar-refractivity contribution in [2.45, 2.75) is 112 Å². The Morgan fingerprint density at radius 2 is 1.03 bits per heavy atom. The molecule has 4 heteroatoms. The summed E-state index contributed by atoms with van der Waals surface area (Å²) in [4.78, 5) is 14.8. The molecule has 3 heterocycles. The molecule has 1 N–H and O–H groups in total. The number of para-hydroxylation sites is 1. The third-order valence-electron chi connectivity index (χ3n) is 13.9. The number of benzene rings is 7. The van der Waals surface area contributed by atoms with Crippen molar-refractivity contribution in [3.8, 4) is 50.5 Å². The van der Waals surface area contributed by atoms with Crippen LogP contribution in [0.25, 0.3) is 94.2 Å². The number of hydrogen-bond donors (Lipinski definition) is 1. The van der Waals surface area contributed by atoms with Crippen LogP contribution >= 0.6 is 0 Å². The van der Waals surface area contributed by atoms with Crippen molar-refractivity contribution >= 4 is 43.7 Å². The zero-order chi connectivity index (χ0) is 47.4. The van der Waals surface area contributed by atoms with E-state index in [4.69, 9.17) is 9.97 Å². The number of nitrogens with zero attached hydrogens (tertiary/aromatic N) is 3. The topological polar surface area (TPSA) is 46.5 Å². The molecule has 0 radical (unpaired) electrons. The lowest BCUT2D eigenvalue weighted by Gasteiger charge is -2.22. The molecule has 3 aromatic heterocycles. The molecule has 0 fully saturated rings. The molecule has 7 aromatic carbocycles. The Morgan fingerprint density at radius 1 is 0.433 bits per heavy atom. The first-order valence-electron chi connectivity index (χ1n) is 24.0. The normalized spacial score (nSPS) is 12.9. The van der Waals surface area contributed by atoms with Gasteiger partial charge >= 0.3 is 0 Å². The van der Waals surface area contributed by atoms with Crippen molar-refractivity contribution in [1.29, 1.82) is 0 Å². The van der Waals surface area contributed by atoms with E-state index in [1.165, 1.54) is 44.0 Å². The number of rotatable bonds is 5. The zero-order valence-corrected chi connectivity index (χ0v) is 41.7. The highest BCUT2D eigenvalue weighted by Gasteiger charge is 2.26. The Hall–Kier alpha value is -6.78. The molecule has 10 aromatic rings. The first kappa shape index (κ1) is 44.1. The van der Waals surface area contributed by atoms with E-state index in [0.29, 0.717) is 0 Å². The molecular formula is C63H64N4. The minimum absolute atomic E-state index is 0.0118. The third-order valence-corrected chi connectivity index (χ3v) is 13.9. The van der Waals surface area contributed by atoms with Crippen molar-refractivity contribution in [3.05, 3.63) is 174 Å². The van der Waals surface area contributed by atoms with E-state index in [-0.39, 0.29) is 21.7 Å². The maximum Gasteiger partial charge on any atom is 0.145 e. The van der Waals surface area contributed by atoms with E-state index >= 15 is 0 Å². The molecule has 67 heavy (non-hydrogen) atoms. The van der Waals surface area contributed by atoms with Crippen molar-refractivity contribution in [1.82, 2.24) is 19.5 Å². The highest BCUT2D eigenvalue weighted by Crippen LogP contribution is 2.44. The van der Waals surface area contributed by atoms with Gasteiger partial charge in [-0.15, -0.1) is 0 Å². The largest absolute Gasteiger partial charge is 0.354 e. The van der Waals surface area contributed by atoms with Crippen molar-refractivity contribution in [2.24, 2.45) is 0 Å². The first-order chi connectivity index (χ1) is 31.6. The Kier molecular flexibility index (Phi) is 10.3. The van der Waals surface area contributed by atoms with Gasteiger partial charge in [-0.3, -0.25) is 9.55 Å². The first-order valence-corrected chi connectivity index (χ1v) is 24.0. The summed E-state index contributed by atoms with van der Waals surface area (Å²) >= 11 is 0. The van der Waals surface area contributed by atoms with Crippen LogP contribution in [0.3, 0.4) is 0 Å². The van der Waals surface area contributed by atoms with Gasteiger partial charge in [-0.05, 0) is 152 Å². The summed E-state index contributed by atoms with van der Waals surface area (Å²) in [6.07, 6.45) is 1.95. The maximum absolute atomic E-state index is 5.84. The summed E-state index contributed by atoms with van der Waals surface area (Å²) in [6, 6.07) is 52.2. The maximum atomic E-state index is 5.84. The standard InChI is InChI=1S/C63H64N4/c1-38-28-29-64-56-49(38)34-45(62(8,9)10)35-50(56)41-30-40(39-18-15-14-16-19-39)31-42(32-41)59-66-58-48(20-17-21-55(58)67(59)47-25-22-43(23-26-47)60(2,3)4)52-36-46(63(11,12)13)37-53-51-33-44(61(5,6)7)24-27-54(51)65-57(52)53/h14-37,65H,1-13H3. The molecule has 0 aliphatic heterocycles. The lowest BCUT2D eigenvalue weighted by molar-refractivity contribution is 0.590. The molecule has 0 saturated carbocycles. The van der Waals surface area contributed by atoms with Gasteiger partial charge in [0.1, 0.15) is 5.82 Å². The van der Waals surface area contributed by atoms with E-state index in [1.807, 2.05) is 6.20 Å². The van der Waals surface area contributed by atoms with Crippen LogP contribution in [-0.2, 0) is 21.7 Å². The Morgan fingerprint density at radius 3 is 1.70 bits per heavy atom. The summed E-state index contributed by atoms with van der Waals surface area (Å²) in [5.41, 5.74) is 20.5. The molecule has 0 aliphatic carbocycles. The van der Waals surface area contributed by atoms with E-state index in [1.54, 1.807) is 0 Å². The lowest BCUT2D eigenvalue weighted by Crippen LogP contribution is -2.11. The van der Waals surface area contributed by atoms with E-state index < -0.39 is 0 Å². The van der Waals surface area contributed by atoms with Gasteiger partial charge in [0.2, 0.25) is 0 Å². The predicted molar refractivity (Wildman–Crippen MR) is 287 cm³/mol. The number of hydrogen-bond acceptors (Lipinski definition) is 2. The number of nitrogens with one attached hydrogen (secondary N) is 1. The van der Waals surface area contributed by atoms with Crippen molar-refractivity contribution in [3.63, 3.8) is 0 Å². The number of aromatic nitrogens is 4. The number of pyridine rings is 1. The predicted octanol–water partition coefficient (Wildman–Crippen LogP) is 17.4. The van der Waals surface area contributed by atoms with Crippen LogP contribution in [-0.4, -0.2) is 19.5 Å². The Bertz CT molecular complexity index is 3530. The van der Waals surface area contributed by atoms with Crippen molar-refractivity contribution in [2.75, 3.05) is 0 Å². The van der Waals surface area contributed by atoms with Gasteiger partial charge < -0.3 is 4.98 Å². The fourth-order valence-corrected chi connectivity index (χ4v) is 9.74. The van der Waals surface area contributed by atoms with Crippen LogP contribution in [0.15, 0.2) is 146 Å². The second-order valence-corrected chi connectivity index (χ2v) is 23.0. The molecule has 0 atom stereocenters. The summed E-state index contributed by atoms with van der Waals surface area (Å²) in [5.74, 6) is 0.889. The zero-order valence-electron chi connectivity index (χ0n) is 41.7. The minimum Gasteiger partial charge on any atom is -0.354 e. The summed E-state index contributed by atoms with van der Waals surface area (Å²) in [6.45, 7) is 29.7. The third kappa shape index (κ3) is 7.94. The highest BCUT2D eigenvalue weighted by atomic mass is 15.1. The highest BCUT2D eigenvalue weighted by molar-refractivity contribution is 6.14. The number of fused-ring (bicyclic) bond motifs is 5. The fourth-order valence-electron chi connectivity index (χ4n) is 9.74. The summed E-state index contributed by atoms with van der Waals surface area (Å²) in [5, 5.41) is 3.68. The van der Waals surface area contributed by atoms with Gasteiger partial charge in [-0.1, -0.05) is 144 Å². The Labute approximate surface area is 397 Å². The van der Waals surface area contributed by atoms with Crippen LogP contribution in [0, 0.1) is 6.92 Å². The summed E-state index contributed by atoms with van der Waals surface area (Å²) in [7, 11) is 0. The average molecular weight is 877 g/mol. The molecule has 10 rings (SSSR count). The van der Waals surface area contributed by atoms with Crippen LogP contribution in [0.1, 0.15) is 111 Å².